The Morgan fingerprint density at radius 2 is 2.19 bits per heavy atom. The van der Waals surface area contributed by atoms with Crippen molar-refractivity contribution in [1.82, 2.24) is 9.97 Å². The molecule has 0 radical (unpaired) electrons. The number of nitrogens with zero attached hydrogens (tertiary/aromatic N) is 2. The number of carboxylic acid groups (broad SMARTS) is 1. The van der Waals surface area contributed by atoms with Gasteiger partial charge in [0, 0.05) is 25.1 Å². The average molecular weight is 289 g/mol. The van der Waals surface area contributed by atoms with Crippen molar-refractivity contribution in [3.05, 3.63) is 30.1 Å². The molecule has 0 unspecified atom stereocenters. The maximum Gasteiger partial charge on any atom is 0.335 e. The predicted molar refractivity (Wildman–Crippen MR) is 80.7 cm³/mol. The Morgan fingerprint density at radius 3 is 2.95 bits per heavy atom. The Balaban J connectivity index is 2.01. The molecule has 0 bridgehead atoms. The van der Waals surface area contributed by atoms with Gasteiger partial charge in [0.1, 0.15) is 12.1 Å². The number of benzene rings is 1. The summed E-state index contributed by atoms with van der Waals surface area (Å²) in [5.74, 6) is -0.245. The van der Waals surface area contributed by atoms with Crippen molar-refractivity contribution >= 4 is 22.7 Å². The van der Waals surface area contributed by atoms with Crippen molar-refractivity contribution in [3.63, 3.8) is 0 Å². The lowest BCUT2D eigenvalue weighted by molar-refractivity contribution is 0.0697. The highest BCUT2D eigenvalue weighted by atomic mass is 16.5. The van der Waals surface area contributed by atoms with Crippen LogP contribution in [0.5, 0.6) is 0 Å². The standard InChI is InChI=1S/C15H19N3O3/c1-2-7-21-8-3-6-16-14-12-5-4-11(15(19)20)9-13(12)17-10-18-14/h4-5,9-10H,2-3,6-8H2,1H3,(H,19,20)(H,16,17,18). The SMILES string of the molecule is CCCOCCCNc1ncnc2cc(C(=O)O)ccc12. The first-order valence-electron chi connectivity index (χ1n) is 7.02. The van der Waals surface area contributed by atoms with Crippen LogP contribution in [0, 0.1) is 0 Å². The fourth-order valence-corrected chi connectivity index (χ4v) is 1.96. The van der Waals surface area contributed by atoms with E-state index in [2.05, 4.69) is 22.2 Å². The first-order valence-corrected chi connectivity index (χ1v) is 7.02. The summed E-state index contributed by atoms with van der Waals surface area (Å²) in [5.41, 5.74) is 0.842. The van der Waals surface area contributed by atoms with Crippen LogP contribution in [0.3, 0.4) is 0 Å². The summed E-state index contributed by atoms with van der Waals surface area (Å²) in [7, 11) is 0. The fraction of sp³-hybridized carbons (Fsp3) is 0.400. The van der Waals surface area contributed by atoms with E-state index in [1.807, 2.05) is 0 Å². The van der Waals surface area contributed by atoms with Crippen molar-refractivity contribution < 1.29 is 14.6 Å². The number of hydrogen-bond donors (Lipinski definition) is 2. The number of aromatic nitrogens is 2. The quantitative estimate of drug-likeness (QED) is 0.727. The number of carbonyl (C=O) groups is 1. The lowest BCUT2D eigenvalue weighted by Gasteiger charge is -2.08. The highest BCUT2D eigenvalue weighted by Gasteiger charge is 2.07. The van der Waals surface area contributed by atoms with Crippen LogP contribution in [0.15, 0.2) is 24.5 Å². The third-order valence-electron chi connectivity index (χ3n) is 2.99. The van der Waals surface area contributed by atoms with E-state index in [-0.39, 0.29) is 5.56 Å². The van der Waals surface area contributed by atoms with Gasteiger partial charge in [-0.3, -0.25) is 0 Å². The topological polar surface area (TPSA) is 84.3 Å². The molecule has 0 fully saturated rings. The zero-order valence-corrected chi connectivity index (χ0v) is 12.0. The molecule has 0 aliphatic rings. The molecule has 0 saturated heterocycles. The molecular formula is C15H19N3O3. The molecule has 6 heteroatoms. The first-order chi connectivity index (χ1) is 10.2. The third kappa shape index (κ3) is 4.13. The summed E-state index contributed by atoms with van der Waals surface area (Å²) in [6.07, 6.45) is 3.35. The minimum Gasteiger partial charge on any atom is -0.478 e. The monoisotopic (exact) mass is 289 g/mol. The first kappa shape index (κ1) is 15.2. The second-order valence-corrected chi connectivity index (χ2v) is 4.65. The van der Waals surface area contributed by atoms with Gasteiger partial charge in [-0.05, 0) is 31.0 Å². The number of ether oxygens (including phenoxy) is 1. The molecule has 0 atom stereocenters. The largest absolute Gasteiger partial charge is 0.478 e. The summed E-state index contributed by atoms with van der Waals surface area (Å²) < 4.78 is 5.41. The van der Waals surface area contributed by atoms with Gasteiger partial charge in [-0.1, -0.05) is 6.92 Å². The van der Waals surface area contributed by atoms with Crippen LogP contribution in [0.1, 0.15) is 30.1 Å². The van der Waals surface area contributed by atoms with Gasteiger partial charge in [0.05, 0.1) is 11.1 Å². The molecule has 1 aromatic carbocycles. The highest BCUT2D eigenvalue weighted by molar-refractivity contribution is 5.96. The van der Waals surface area contributed by atoms with Gasteiger partial charge in [0.2, 0.25) is 0 Å². The van der Waals surface area contributed by atoms with E-state index in [1.165, 1.54) is 6.33 Å². The summed E-state index contributed by atoms with van der Waals surface area (Å²) in [6, 6.07) is 4.84. The Morgan fingerprint density at radius 1 is 1.33 bits per heavy atom. The molecule has 112 valence electrons. The number of anilines is 1. The van der Waals surface area contributed by atoms with Gasteiger partial charge in [-0.25, -0.2) is 14.8 Å². The molecule has 2 N–H and O–H groups in total. The van der Waals surface area contributed by atoms with Gasteiger partial charge in [-0.2, -0.15) is 0 Å². The molecular weight excluding hydrogens is 270 g/mol. The second-order valence-electron chi connectivity index (χ2n) is 4.65. The smallest absolute Gasteiger partial charge is 0.335 e. The maximum absolute atomic E-state index is 11.0. The summed E-state index contributed by atoms with van der Waals surface area (Å²) in [5, 5.41) is 13.0. The van der Waals surface area contributed by atoms with E-state index >= 15 is 0 Å². The molecule has 1 heterocycles. The lowest BCUT2D eigenvalue weighted by Crippen LogP contribution is -2.08. The molecule has 0 amide bonds. The predicted octanol–water partition coefficient (Wildman–Crippen LogP) is 2.56. The van der Waals surface area contributed by atoms with Gasteiger partial charge in [0.15, 0.2) is 0 Å². The summed E-state index contributed by atoms with van der Waals surface area (Å²) in [4.78, 5) is 19.3. The van der Waals surface area contributed by atoms with Gasteiger partial charge in [-0.15, -0.1) is 0 Å². The van der Waals surface area contributed by atoms with E-state index in [0.29, 0.717) is 17.9 Å². The van der Waals surface area contributed by atoms with Crippen molar-refractivity contribution in [2.45, 2.75) is 19.8 Å². The number of rotatable bonds is 8. The third-order valence-corrected chi connectivity index (χ3v) is 2.99. The maximum atomic E-state index is 11.0. The number of fused-ring (bicyclic) bond motifs is 1. The normalized spacial score (nSPS) is 10.7. The molecule has 0 aliphatic heterocycles. The van der Waals surface area contributed by atoms with Gasteiger partial charge < -0.3 is 15.2 Å². The van der Waals surface area contributed by atoms with Gasteiger partial charge in [0.25, 0.3) is 0 Å². The molecule has 6 nitrogen and oxygen atoms in total. The van der Waals surface area contributed by atoms with Crippen LogP contribution in [0.4, 0.5) is 5.82 Å². The lowest BCUT2D eigenvalue weighted by atomic mass is 10.1. The Kier molecular flexibility index (Phi) is 5.45. The van der Waals surface area contributed by atoms with Crippen molar-refractivity contribution in [3.8, 4) is 0 Å². The minimum atomic E-state index is -0.960. The van der Waals surface area contributed by atoms with Crippen LogP contribution in [-0.4, -0.2) is 40.8 Å². The molecule has 2 aromatic rings. The Hall–Kier alpha value is -2.21. The van der Waals surface area contributed by atoms with E-state index in [1.54, 1.807) is 18.2 Å². The van der Waals surface area contributed by atoms with Crippen LogP contribution < -0.4 is 5.32 Å². The molecule has 1 aromatic heterocycles. The molecule has 0 saturated carbocycles. The second kappa shape index (κ2) is 7.54. The van der Waals surface area contributed by atoms with Crippen LogP contribution in [-0.2, 0) is 4.74 Å². The number of hydrogen-bond acceptors (Lipinski definition) is 5. The highest BCUT2D eigenvalue weighted by Crippen LogP contribution is 2.20. The average Bonchev–Trinajstić information content (AvgIpc) is 2.50. The fourth-order valence-electron chi connectivity index (χ4n) is 1.96. The molecule has 21 heavy (non-hydrogen) atoms. The van der Waals surface area contributed by atoms with Crippen LogP contribution >= 0.6 is 0 Å². The zero-order valence-electron chi connectivity index (χ0n) is 12.0. The Labute approximate surface area is 123 Å². The van der Waals surface area contributed by atoms with Crippen molar-refractivity contribution in [2.75, 3.05) is 25.1 Å². The van der Waals surface area contributed by atoms with Crippen LogP contribution in [0.2, 0.25) is 0 Å². The molecule has 0 spiro atoms. The van der Waals surface area contributed by atoms with E-state index in [9.17, 15) is 4.79 Å². The Bertz CT molecular complexity index is 616. The van der Waals surface area contributed by atoms with Gasteiger partial charge >= 0.3 is 5.97 Å². The number of aromatic carboxylic acids is 1. The minimum absolute atomic E-state index is 0.222. The van der Waals surface area contributed by atoms with Crippen LogP contribution in [0.25, 0.3) is 10.9 Å². The summed E-state index contributed by atoms with van der Waals surface area (Å²) >= 11 is 0. The molecule has 2 rings (SSSR count). The van der Waals surface area contributed by atoms with E-state index in [0.717, 1.165) is 31.4 Å². The van der Waals surface area contributed by atoms with E-state index < -0.39 is 5.97 Å². The number of carboxylic acids is 1. The molecule has 0 aliphatic carbocycles. The zero-order chi connectivity index (χ0) is 15.1. The summed E-state index contributed by atoms with van der Waals surface area (Å²) in [6.45, 7) is 4.33. The van der Waals surface area contributed by atoms with Crippen molar-refractivity contribution in [2.24, 2.45) is 0 Å². The number of nitrogens with one attached hydrogen (secondary N) is 1. The van der Waals surface area contributed by atoms with Crippen molar-refractivity contribution in [1.29, 1.82) is 0 Å². The van der Waals surface area contributed by atoms with E-state index in [4.69, 9.17) is 9.84 Å².